The summed E-state index contributed by atoms with van der Waals surface area (Å²) in [6.07, 6.45) is 4.08. The lowest BCUT2D eigenvalue weighted by molar-refractivity contribution is 0.329. The zero-order chi connectivity index (χ0) is 13.8. The van der Waals surface area contributed by atoms with Crippen molar-refractivity contribution in [3.8, 4) is 0 Å². The van der Waals surface area contributed by atoms with Crippen molar-refractivity contribution in [2.45, 2.75) is 57.1 Å². The van der Waals surface area contributed by atoms with E-state index in [1.807, 2.05) is 0 Å². The van der Waals surface area contributed by atoms with Gasteiger partial charge in [0.25, 0.3) is 0 Å². The van der Waals surface area contributed by atoms with Gasteiger partial charge in [-0.1, -0.05) is 36.2 Å². The van der Waals surface area contributed by atoms with E-state index in [0.29, 0.717) is 6.04 Å². The van der Waals surface area contributed by atoms with Gasteiger partial charge in [0.1, 0.15) is 0 Å². The minimum atomic E-state index is 0.701. The van der Waals surface area contributed by atoms with Gasteiger partial charge >= 0.3 is 0 Å². The summed E-state index contributed by atoms with van der Waals surface area (Å²) in [6.45, 7) is 6.79. The Balaban J connectivity index is 1.96. The molecular formula is C17H27NS. The Labute approximate surface area is 122 Å². The molecule has 1 aromatic carbocycles. The summed E-state index contributed by atoms with van der Waals surface area (Å²) in [4.78, 5) is 0. The molecule has 0 heterocycles. The molecule has 2 rings (SSSR count). The van der Waals surface area contributed by atoms with Crippen molar-refractivity contribution < 1.29 is 0 Å². The van der Waals surface area contributed by atoms with Gasteiger partial charge in [0.15, 0.2) is 0 Å². The van der Waals surface area contributed by atoms with E-state index in [4.69, 9.17) is 0 Å². The Bertz CT molecular complexity index is 395. The van der Waals surface area contributed by atoms with Crippen molar-refractivity contribution in [3.63, 3.8) is 0 Å². The average Bonchev–Trinajstić information content (AvgIpc) is 2.35. The molecular weight excluding hydrogens is 250 g/mol. The minimum Gasteiger partial charge on any atom is -0.316 e. The first-order valence-electron chi connectivity index (χ1n) is 7.44. The molecule has 0 aliphatic heterocycles. The van der Waals surface area contributed by atoms with Crippen LogP contribution in [0.3, 0.4) is 0 Å². The van der Waals surface area contributed by atoms with Gasteiger partial charge in [0.2, 0.25) is 0 Å². The highest BCUT2D eigenvalue weighted by molar-refractivity contribution is 7.99. The van der Waals surface area contributed by atoms with Crippen LogP contribution in [0.4, 0.5) is 0 Å². The second-order valence-electron chi connectivity index (χ2n) is 6.16. The predicted octanol–water partition coefficient (Wildman–Crippen LogP) is 4.31. The molecule has 1 fully saturated rings. The Morgan fingerprint density at radius 1 is 1.16 bits per heavy atom. The molecule has 0 amide bonds. The van der Waals surface area contributed by atoms with Gasteiger partial charge < -0.3 is 5.32 Å². The first-order valence-corrected chi connectivity index (χ1v) is 8.49. The van der Waals surface area contributed by atoms with Crippen molar-refractivity contribution in [2.24, 2.45) is 5.92 Å². The summed E-state index contributed by atoms with van der Waals surface area (Å²) in [7, 11) is 2.12. The van der Waals surface area contributed by atoms with Gasteiger partial charge in [-0.2, -0.15) is 11.8 Å². The van der Waals surface area contributed by atoms with Crippen LogP contribution in [-0.2, 0) is 5.75 Å². The van der Waals surface area contributed by atoms with E-state index in [9.17, 15) is 0 Å². The molecule has 1 nitrogen and oxygen atoms in total. The third-order valence-electron chi connectivity index (χ3n) is 4.17. The molecule has 0 spiro atoms. The van der Waals surface area contributed by atoms with Crippen LogP contribution in [0.5, 0.6) is 0 Å². The molecule has 19 heavy (non-hydrogen) atoms. The highest BCUT2D eigenvalue weighted by Gasteiger charge is 2.27. The van der Waals surface area contributed by atoms with Crippen LogP contribution in [0.25, 0.3) is 0 Å². The van der Waals surface area contributed by atoms with E-state index < -0.39 is 0 Å². The molecule has 3 unspecified atom stereocenters. The lowest BCUT2D eigenvalue weighted by Crippen LogP contribution is -2.40. The van der Waals surface area contributed by atoms with Crippen LogP contribution in [0.2, 0.25) is 0 Å². The predicted molar refractivity (Wildman–Crippen MR) is 86.9 cm³/mol. The lowest BCUT2D eigenvalue weighted by atomic mass is 9.87. The van der Waals surface area contributed by atoms with Crippen molar-refractivity contribution >= 4 is 11.8 Å². The fourth-order valence-electron chi connectivity index (χ4n) is 3.20. The molecule has 0 saturated heterocycles. The molecule has 0 radical (unpaired) electrons. The van der Waals surface area contributed by atoms with Gasteiger partial charge in [-0.05, 0) is 51.6 Å². The second kappa shape index (κ2) is 6.81. The monoisotopic (exact) mass is 277 g/mol. The van der Waals surface area contributed by atoms with Gasteiger partial charge in [-0.15, -0.1) is 0 Å². The zero-order valence-corrected chi connectivity index (χ0v) is 13.5. The van der Waals surface area contributed by atoms with Crippen LogP contribution in [-0.4, -0.2) is 18.3 Å². The van der Waals surface area contributed by atoms with Crippen LogP contribution < -0.4 is 5.32 Å². The highest BCUT2D eigenvalue weighted by Crippen LogP contribution is 2.34. The first kappa shape index (κ1) is 14.9. The molecule has 1 N–H and O–H groups in total. The Kier molecular flexibility index (Phi) is 5.35. The maximum Gasteiger partial charge on any atom is 0.0206 e. The number of nitrogens with one attached hydrogen (secondary N) is 1. The molecule has 0 aromatic heterocycles. The molecule has 1 aliphatic carbocycles. The highest BCUT2D eigenvalue weighted by atomic mass is 32.2. The molecule has 1 saturated carbocycles. The number of hydrogen-bond acceptors (Lipinski definition) is 2. The molecule has 1 aliphatic rings. The summed E-state index contributed by atoms with van der Waals surface area (Å²) >= 11 is 2.14. The van der Waals surface area contributed by atoms with Gasteiger partial charge in [0.05, 0.1) is 0 Å². The molecule has 3 atom stereocenters. The van der Waals surface area contributed by atoms with Crippen LogP contribution in [0.1, 0.15) is 42.9 Å². The number of hydrogen-bond donors (Lipinski definition) is 1. The van der Waals surface area contributed by atoms with Crippen LogP contribution in [0, 0.1) is 19.8 Å². The normalized spacial score (nSPS) is 27.5. The molecule has 0 bridgehead atoms. The molecule has 1 aromatic rings. The van der Waals surface area contributed by atoms with E-state index in [-0.39, 0.29) is 0 Å². The van der Waals surface area contributed by atoms with Gasteiger partial charge in [-0.3, -0.25) is 0 Å². The average molecular weight is 277 g/mol. The maximum atomic E-state index is 3.51. The van der Waals surface area contributed by atoms with Crippen molar-refractivity contribution in [1.29, 1.82) is 0 Å². The largest absolute Gasteiger partial charge is 0.316 e. The second-order valence-corrected chi connectivity index (χ2v) is 7.39. The number of rotatable bonds is 4. The van der Waals surface area contributed by atoms with Crippen LogP contribution >= 0.6 is 11.8 Å². The third kappa shape index (κ3) is 4.25. The summed E-state index contributed by atoms with van der Waals surface area (Å²) in [5.41, 5.74) is 4.26. The van der Waals surface area contributed by atoms with E-state index in [0.717, 1.165) is 16.9 Å². The maximum absolute atomic E-state index is 3.51. The Morgan fingerprint density at radius 3 is 2.47 bits per heavy atom. The van der Waals surface area contributed by atoms with E-state index in [2.05, 4.69) is 63.1 Å². The lowest BCUT2D eigenvalue weighted by Gasteiger charge is -2.34. The van der Waals surface area contributed by atoms with E-state index in [1.165, 1.54) is 36.0 Å². The molecule has 2 heteroatoms. The number of aryl methyl sites for hydroxylation is 2. The van der Waals surface area contributed by atoms with E-state index >= 15 is 0 Å². The van der Waals surface area contributed by atoms with Crippen molar-refractivity contribution in [3.05, 3.63) is 34.9 Å². The SMILES string of the molecule is CNC1CCC(C)CC1SCc1cc(C)cc(C)c1. The number of benzene rings is 1. The van der Waals surface area contributed by atoms with Gasteiger partial charge in [-0.25, -0.2) is 0 Å². The Morgan fingerprint density at radius 2 is 1.84 bits per heavy atom. The van der Waals surface area contributed by atoms with E-state index in [1.54, 1.807) is 0 Å². The number of thioether (sulfide) groups is 1. The fourth-order valence-corrected chi connectivity index (χ4v) is 4.74. The van der Waals surface area contributed by atoms with Crippen molar-refractivity contribution in [1.82, 2.24) is 5.32 Å². The van der Waals surface area contributed by atoms with Crippen LogP contribution in [0.15, 0.2) is 18.2 Å². The van der Waals surface area contributed by atoms with Crippen molar-refractivity contribution in [2.75, 3.05) is 7.05 Å². The topological polar surface area (TPSA) is 12.0 Å². The fraction of sp³-hybridized carbons (Fsp3) is 0.647. The summed E-state index contributed by atoms with van der Waals surface area (Å²) < 4.78 is 0. The van der Waals surface area contributed by atoms with Gasteiger partial charge in [0, 0.05) is 17.0 Å². The minimum absolute atomic E-state index is 0.701. The third-order valence-corrected chi connectivity index (χ3v) is 5.62. The molecule has 106 valence electrons. The Hall–Kier alpha value is -0.470. The quantitative estimate of drug-likeness (QED) is 0.880. The smallest absolute Gasteiger partial charge is 0.0206 e. The summed E-state index contributed by atoms with van der Waals surface area (Å²) in [6, 6.07) is 7.63. The zero-order valence-electron chi connectivity index (χ0n) is 12.7. The first-order chi connectivity index (χ1) is 9.08. The summed E-state index contributed by atoms with van der Waals surface area (Å²) in [5.74, 6) is 2.04. The summed E-state index contributed by atoms with van der Waals surface area (Å²) in [5, 5.41) is 4.29. The standard InChI is InChI=1S/C17H27NS/c1-12-5-6-16(18-4)17(10-12)19-11-15-8-13(2)7-14(3)9-15/h7-9,12,16-18H,5-6,10-11H2,1-4H3.